The highest BCUT2D eigenvalue weighted by Crippen LogP contribution is 2.17. The highest BCUT2D eigenvalue weighted by molar-refractivity contribution is 6.29. The largest absolute Gasteiger partial charge is 0.462 e. The molecule has 6 heteroatoms. The van der Waals surface area contributed by atoms with Crippen LogP contribution in [0.4, 0.5) is 0 Å². The lowest BCUT2D eigenvalue weighted by atomic mass is 10.2. The maximum atomic E-state index is 11.9. The third-order valence-electron chi connectivity index (χ3n) is 2.34. The predicted octanol–water partition coefficient (Wildman–Crippen LogP) is 2.12. The lowest BCUT2D eigenvalue weighted by Gasteiger charge is -2.00. The van der Waals surface area contributed by atoms with Gasteiger partial charge in [-0.2, -0.15) is 5.10 Å². The minimum absolute atomic E-state index is 0.319. The Bertz CT molecular complexity index is 565. The van der Waals surface area contributed by atoms with Crippen LogP contribution in [-0.4, -0.2) is 27.2 Å². The molecule has 0 spiro atoms. The van der Waals surface area contributed by atoms with Crippen molar-refractivity contribution < 1.29 is 9.53 Å². The van der Waals surface area contributed by atoms with E-state index in [1.807, 2.05) is 6.92 Å². The number of hydrogen-bond donors (Lipinski definition) is 0. The molecule has 0 aliphatic rings. The minimum Gasteiger partial charge on any atom is -0.462 e. The molecule has 0 aliphatic carbocycles. The molecular weight excluding hydrogens is 242 g/mol. The molecule has 0 bridgehead atoms. The molecule has 0 aliphatic heterocycles. The number of nitrogens with zero attached hydrogens (tertiary/aromatic N) is 3. The van der Waals surface area contributed by atoms with Crippen LogP contribution in [-0.2, 0) is 11.2 Å². The van der Waals surface area contributed by atoms with Gasteiger partial charge in [-0.15, -0.1) is 0 Å². The van der Waals surface area contributed by atoms with Gasteiger partial charge in [0.25, 0.3) is 0 Å². The van der Waals surface area contributed by atoms with Crippen molar-refractivity contribution in [1.29, 1.82) is 0 Å². The van der Waals surface area contributed by atoms with Crippen LogP contribution < -0.4 is 0 Å². The van der Waals surface area contributed by atoms with Crippen LogP contribution in [0.1, 0.15) is 29.9 Å². The van der Waals surface area contributed by atoms with Crippen molar-refractivity contribution in [2.75, 3.05) is 6.61 Å². The quantitative estimate of drug-likeness (QED) is 0.621. The topological polar surface area (TPSA) is 56.5 Å². The summed E-state index contributed by atoms with van der Waals surface area (Å²) in [5, 5.41) is 4.59. The van der Waals surface area contributed by atoms with E-state index in [0.29, 0.717) is 35.1 Å². The molecule has 0 aromatic carbocycles. The number of carbonyl (C=O) groups is 1. The first-order valence-corrected chi connectivity index (χ1v) is 5.76. The molecule has 2 aromatic rings. The fourth-order valence-corrected chi connectivity index (χ4v) is 1.75. The number of aryl methyl sites for hydroxylation is 1. The molecule has 0 saturated carbocycles. The van der Waals surface area contributed by atoms with E-state index in [1.165, 1.54) is 4.52 Å². The van der Waals surface area contributed by atoms with Gasteiger partial charge < -0.3 is 4.74 Å². The maximum Gasteiger partial charge on any atom is 0.343 e. The number of aromatic nitrogens is 3. The highest BCUT2D eigenvalue weighted by atomic mass is 35.5. The normalized spacial score (nSPS) is 10.8. The third-order valence-corrected chi connectivity index (χ3v) is 2.55. The van der Waals surface area contributed by atoms with Gasteiger partial charge in [0.15, 0.2) is 5.65 Å². The maximum absolute atomic E-state index is 11.9. The van der Waals surface area contributed by atoms with Crippen molar-refractivity contribution >= 4 is 23.2 Å². The average molecular weight is 254 g/mol. The first kappa shape index (κ1) is 11.9. The lowest BCUT2D eigenvalue weighted by Crippen LogP contribution is -2.07. The number of rotatable bonds is 3. The second kappa shape index (κ2) is 4.71. The standard InChI is InChI=1S/C11H12ClN3O2/c1-3-7-9(11(16)17-4-2)10-13-8(12)5-6-15(10)14-7/h5-6H,3-4H2,1-2H3. The van der Waals surface area contributed by atoms with E-state index >= 15 is 0 Å². The molecule has 5 nitrogen and oxygen atoms in total. The zero-order valence-electron chi connectivity index (χ0n) is 9.61. The Kier molecular flexibility index (Phi) is 3.28. The molecule has 0 radical (unpaired) electrons. The van der Waals surface area contributed by atoms with Crippen molar-refractivity contribution in [2.24, 2.45) is 0 Å². The van der Waals surface area contributed by atoms with Gasteiger partial charge in [0, 0.05) is 6.20 Å². The van der Waals surface area contributed by atoms with Crippen molar-refractivity contribution in [3.8, 4) is 0 Å². The molecule has 17 heavy (non-hydrogen) atoms. The molecule has 2 aromatic heterocycles. The smallest absolute Gasteiger partial charge is 0.343 e. The second-order valence-electron chi connectivity index (χ2n) is 3.41. The van der Waals surface area contributed by atoms with E-state index in [4.69, 9.17) is 16.3 Å². The lowest BCUT2D eigenvalue weighted by molar-refractivity contribution is 0.0527. The number of hydrogen-bond acceptors (Lipinski definition) is 4. The molecule has 0 amide bonds. The van der Waals surface area contributed by atoms with Crippen molar-refractivity contribution in [3.63, 3.8) is 0 Å². The van der Waals surface area contributed by atoms with Crippen LogP contribution in [0.2, 0.25) is 5.15 Å². The summed E-state index contributed by atoms with van der Waals surface area (Å²) < 4.78 is 6.54. The Labute approximate surface area is 103 Å². The van der Waals surface area contributed by atoms with Crippen LogP contribution in [0.25, 0.3) is 5.65 Å². The minimum atomic E-state index is -0.408. The van der Waals surface area contributed by atoms with E-state index in [1.54, 1.807) is 19.2 Å². The summed E-state index contributed by atoms with van der Waals surface area (Å²) in [5.41, 5.74) is 1.50. The molecule has 2 rings (SSSR count). The summed E-state index contributed by atoms with van der Waals surface area (Å²) in [4.78, 5) is 16.0. The zero-order chi connectivity index (χ0) is 12.4. The molecule has 0 saturated heterocycles. The van der Waals surface area contributed by atoms with Gasteiger partial charge in [-0.25, -0.2) is 14.3 Å². The Morgan fingerprint density at radius 3 is 2.94 bits per heavy atom. The van der Waals surface area contributed by atoms with Gasteiger partial charge in [0.2, 0.25) is 0 Å². The first-order chi connectivity index (χ1) is 8.17. The Hall–Kier alpha value is -1.62. The summed E-state index contributed by atoms with van der Waals surface area (Å²) in [6, 6.07) is 1.62. The molecule has 0 atom stereocenters. The number of carbonyl (C=O) groups excluding carboxylic acids is 1. The van der Waals surface area contributed by atoms with E-state index in [9.17, 15) is 4.79 Å². The van der Waals surface area contributed by atoms with Gasteiger partial charge >= 0.3 is 5.97 Å². The fourth-order valence-electron chi connectivity index (χ4n) is 1.61. The molecule has 0 unspecified atom stereocenters. The van der Waals surface area contributed by atoms with Crippen molar-refractivity contribution in [3.05, 3.63) is 28.7 Å². The van der Waals surface area contributed by atoms with Gasteiger partial charge in [0.1, 0.15) is 10.7 Å². The van der Waals surface area contributed by atoms with E-state index in [2.05, 4.69) is 10.1 Å². The number of esters is 1. The van der Waals surface area contributed by atoms with E-state index in [-0.39, 0.29) is 0 Å². The SMILES string of the molecule is CCOC(=O)c1c(CC)nn2ccc(Cl)nc12. The van der Waals surface area contributed by atoms with Crippen LogP contribution in [0.15, 0.2) is 12.3 Å². The number of ether oxygens (including phenoxy) is 1. The van der Waals surface area contributed by atoms with Crippen LogP contribution >= 0.6 is 11.6 Å². The summed E-state index contributed by atoms with van der Waals surface area (Å²) >= 11 is 5.82. The Balaban J connectivity index is 2.64. The number of halogens is 1. The summed E-state index contributed by atoms with van der Waals surface area (Å²) in [5.74, 6) is -0.408. The Morgan fingerprint density at radius 2 is 2.29 bits per heavy atom. The third kappa shape index (κ3) is 2.10. The molecule has 0 fully saturated rings. The zero-order valence-corrected chi connectivity index (χ0v) is 10.4. The van der Waals surface area contributed by atoms with Gasteiger partial charge in [-0.1, -0.05) is 18.5 Å². The average Bonchev–Trinajstić information content (AvgIpc) is 2.66. The molecule has 0 N–H and O–H groups in total. The van der Waals surface area contributed by atoms with Crippen molar-refractivity contribution in [2.45, 2.75) is 20.3 Å². The van der Waals surface area contributed by atoms with Crippen LogP contribution in [0.3, 0.4) is 0 Å². The van der Waals surface area contributed by atoms with Gasteiger partial charge in [-0.3, -0.25) is 0 Å². The Morgan fingerprint density at radius 1 is 1.53 bits per heavy atom. The monoisotopic (exact) mass is 253 g/mol. The van der Waals surface area contributed by atoms with Crippen molar-refractivity contribution in [1.82, 2.24) is 14.6 Å². The van der Waals surface area contributed by atoms with Crippen LogP contribution in [0.5, 0.6) is 0 Å². The fraction of sp³-hybridized carbons (Fsp3) is 0.364. The number of fused-ring (bicyclic) bond motifs is 1. The molecule has 2 heterocycles. The molecule has 90 valence electrons. The van der Waals surface area contributed by atoms with Gasteiger partial charge in [0.05, 0.1) is 12.3 Å². The summed E-state index contributed by atoms with van der Waals surface area (Å²) in [7, 11) is 0. The summed E-state index contributed by atoms with van der Waals surface area (Å²) in [6.45, 7) is 4.00. The highest BCUT2D eigenvalue weighted by Gasteiger charge is 2.21. The molecular formula is C11H12ClN3O2. The summed E-state index contributed by atoms with van der Waals surface area (Å²) in [6.07, 6.45) is 2.31. The van der Waals surface area contributed by atoms with Gasteiger partial charge in [-0.05, 0) is 19.4 Å². The van der Waals surface area contributed by atoms with E-state index in [0.717, 1.165) is 0 Å². The second-order valence-corrected chi connectivity index (χ2v) is 3.80. The predicted molar refractivity (Wildman–Crippen MR) is 63.3 cm³/mol. The van der Waals surface area contributed by atoms with E-state index < -0.39 is 5.97 Å². The first-order valence-electron chi connectivity index (χ1n) is 5.38. The van der Waals surface area contributed by atoms with Crippen LogP contribution in [0, 0.1) is 0 Å².